The maximum absolute atomic E-state index is 11.4. The van der Waals surface area contributed by atoms with Crippen molar-refractivity contribution in [1.82, 2.24) is 10.3 Å². The molecule has 1 atom stereocenters. The van der Waals surface area contributed by atoms with Gasteiger partial charge in [0.25, 0.3) is 0 Å². The third kappa shape index (κ3) is 3.68. The quantitative estimate of drug-likeness (QED) is 0.744. The first-order valence-corrected chi connectivity index (χ1v) is 4.87. The van der Waals surface area contributed by atoms with Crippen LogP contribution in [0.1, 0.15) is 12.5 Å². The minimum atomic E-state index is -0.648. The van der Waals surface area contributed by atoms with E-state index in [0.717, 1.165) is 5.56 Å². The van der Waals surface area contributed by atoms with E-state index in [1.165, 1.54) is 14.0 Å². The Morgan fingerprint density at radius 1 is 1.44 bits per heavy atom. The molecule has 1 amide bonds. The van der Waals surface area contributed by atoms with E-state index in [4.69, 9.17) is 0 Å². The third-order valence-electron chi connectivity index (χ3n) is 2.05. The zero-order valence-electron chi connectivity index (χ0n) is 9.27. The second-order valence-corrected chi connectivity index (χ2v) is 3.34. The smallest absolute Gasteiger partial charge is 0.328 e. The molecule has 86 valence electrons. The van der Waals surface area contributed by atoms with Crippen LogP contribution < -0.4 is 5.32 Å². The number of ether oxygens (including phenoxy) is 1. The van der Waals surface area contributed by atoms with E-state index >= 15 is 0 Å². The number of amides is 1. The van der Waals surface area contributed by atoms with Crippen molar-refractivity contribution in [3.8, 4) is 0 Å². The highest BCUT2D eigenvalue weighted by molar-refractivity contribution is 5.83. The van der Waals surface area contributed by atoms with Gasteiger partial charge in [0, 0.05) is 25.7 Å². The van der Waals surface area contributed by atoms with Gasteiger partial charge in [0.2, 0.25) is 5.91 Å². The highest BCUT2D eigenvalue weighted by Crippen LogP contribution is 2.03. The van der Waals surface area contributed by atoms with Crippen LogP contribution in [-0.2, 0) is 20.7 Å². The number of rotatable bonds is 4. The van der Waals surface area contributed by atoms with E-state index in [1.807, 2.05) is 0 Å². The minimum Gasteiger partial charge on any atom is -0.467 e. The van der Waals surface area contributed by atoms with Crippen LogP contribution in [0.5, 0.6) is 0 Å². The SMILES string of the molecule is COC(=O)[C@@H](Cc1ccncc1)NC(C)=O. The molecule has 1 N–H and O–H groups in total. The molecule has 1 rings (SSSR count). The van der Waals surface area contributed by atoms with Crippen molar-refractivity contribution in [3.05, 3.63) is 30.1 Å². The molecule has 0 aliphatic heterocycles. The fraction of sp³-hybridized carbons (Fsp3) is 0.364. The molecule has 0 radical (unpaired) electrons. The standard InChI is InChI=1S/C11H14N2O3/c1-8(14)13-10(11(15)16-2)7-9-3-5-12-6-4-9/h3-6,10H,7H2,1-2H3,(H,13,14)/t10-/m1/s1. The molecule has 1 aromatic rings. The summed E-state index contributed by atoms with van der Waals surface area (Å²) in [5, 5.41) is 2.55. The van der Waals surface area contributed by atoms with Gasteiger partial charge in [0.15, 0.2) is 0 Å². The van der Waals surface area contributed by atoms with E-state index in [9.17, 15) is 9.59 Å². The number of hydrogen-bond donors (Lipinski definition) is 1. The van der Waals surface area contributed by atoms with E-state index in [1.54, 1.807) is 24.5 Å². The fourth-order valence-electron chi connectivity index (χ4n) is 1.34. The lowest BCUT2D eigenvalue weighted by Crippen LogP contribution is -2.41. The van der Waals surface area contributed by atoms with E-state index < -0.39 is 12.0 Å². The predicted molar refractivity (Wildman–Crippen MR) is 57.6 cm³/mol. The second kappa shape index (κ2) is 5.85. The van der Waals surface area contributed by atoms with Crippen LogP contribution in [0.3, 0.4) is 0 Å². The van der Waals surface area contributed by atoms with Crippen molar-refractivity contribution < 1.29 is 14.3 Å². The van der Waals surface area contributed by atoms with Crippen LogP contribution in [0.4, 0.5) is 0 Å². The van der Waals surface area contributed by atoms with E-state index in [2.05, 4.69) is 15.0 Å². The Morgan fingerprint density at radius 2 is 2.06 bits per heavy atom. The minimum absolute atomic E-state index is 0.260. The molecule has 0 aliphatic carbocycles. The topological polar surface area (TPSA) is 68.3 Å². The lowest BCUT2D eigenvalue weighted by atomic mass is 10.1. The van der Waals surface area contributed by atoms with Crippen molar-refractivity contribution in [2.75, 3.05) is 7.11 Å². The van der Waals surface area contributed by atoms with Gasteiger partial charge in [-0.15, -0.1) is 0 Å². The highest BCUT2D eigenvalue weighted by atomic mass is 16.5. The molecule has 0 bridgehead atoms. The summed E-state index contributed by atoms with van der Waals surface area (Å²) in [7, 11) is 1.30. The summed E-state index contributed by atoms with van der Waals surface area (Å²) in [6, 6.07) is 2.93. The van der Waals surface area contributed by atoms with Gasteiger partial charge in [-0.05, 0) is 17.7 Å². The summed E-state index contributed by atoms with van der Waals surface area (Å²) in [5.41, 5.74) is 0.916. The van der Waals surface area contributed by atoms with Gasteiger partial charge in [0.1, 0.15) is 6.04 Å². The Morgan fingerprint density at radius 3 is 2.56 bits per heavy atom. The molecule has 0 aliphatic rings. The number of esters is 1. The molecule has 0 saturated heterocycles. The summed E-state index contributed by atoms with van der Waals surface area (Å²) in [6.45, 7) is 1.36. The monoisotopic (exact) mass is 222 g/mol. The molecule has 5 nitrogen and oxygen atoms in total. The van der Waals surface area contributed by atoms with Crippen LogP contribution in [0.25, 0.3) is 0 Å². The third-order valence-corrected chi connectivity index (χ3v) is 2.05. The normalized spacial score (nSPS) is 11.6. The molecular weight excluding hydrogens is 208 g/mol. The average molecular weight is 222 g/mol. The fourth-order valence-corrected chi connectivity index (χ4v) is 1.34. The summed E-state index contributed by atoms with van der Waals surface area (Å²) in [4.78, 5) is 26.2. The molecule has 0 fully saturated rings. The first-order chi connectivity index (χ1) is 7.63. The maximum atomic E-state index is 11.4. The van der Waals surface area contributed by atoms with Gasteiger partial charge < -0.3 is 10.1 Å². The van der Waals surface area contributed by atoms with Crippen molar-refractivity contribution in [3.63, 3.8) is 0 Å². The lowest BCUT2D eigenvalue weighted by molar-refractivity contribution is -0.144. The second-order valence-electron chi connectivity index (χ2n) is 3.34. The van der Waals surface area contributed by atoms with Gasteiger partial charge in [-0.1, -0.05) is 0 Å². The number of aromatic nitrogens is 1. The van der Waals surface area contributed by atoms with Crippen LogP contribution in [0.2, 0.25) is 0 Å². The van der Waals surface area contributed by atoms with Crippen molar-refractivity contribution >= 4 is 11.9 Å². The number of nitrogens with zero attached hydrogens (tertiary/aromatic N) is 1. The summed E-state index contributed by atoms with van der Waals surface area (Å²) in [5.74, 6) is -0.712. The molecule has 16 heavy (non-hydrogen) atoms. The largest absolute Gasteiger partial charge is 0.467 e. The first-order valence-electron chi connectivity index (χ1n) is 4.87. The Bertz CT molecular complexity index is 365. The molecule has 0 aromatic carbocycles. The Kier molecular flexibility index (Phi) is 4.44. The number of pyridine rings is 1. The molecule has 0 unspecified atom stereocenters. The highest BCUT2D eigenvalue weighted by Gasteiger charge is 2.20. The summed E-state index contributed by atoms with van der Waals surface area (Å²) >= 11 is 0. The van der Waals surface area contributed by atoms with Gasteiger partial charge in [-0.25, -0.2) is 4.79 Å². The van der Waals surface area contributed by atoms with E-state index in [-0.39, 0.29) is 5.91 Å². The number of hydrogen-bond acceptors (Lipinski definition) is 4. The zero-order valence-corrected chi connectivity index (χ0v) is 9.27. The van der Waals surface area contributed by atoms with Gasteiger partial charge in [-0.3, -0.25) is 9.78 Å². The van der Waals surface area contributed by atoms with Crippen LogP contribution >= 0.6 is 0 Å². The number of methoxy groups -OCH3 is 1. The van der Waals surface area contributed by atoms with Gasteiger partial charge in [0.05, 0.1) is 7.11 Å². The average Bonchev–Trinajstić information content (AvgIpc) is 2.28. The van der Waals surface area contributed by atoms with Crippen molar-refractivity contribution in [2.45, 2.75) is 19.4 Å². The van der Waals surface area contributed by atoms with E-state index in [0.29, 0.717) is 6.42 Å². The van der Waals surface area contributed by atoms with Crippen molar-refractivity contribution in [2.24, 2.45) is 0 Å². The van der Waals surface area contributed by atoms with Gasteiger partial charge >= 0.3 is 5.97 Å². The summed E-state index contributed by atoms with van der Waals surface area (Å²) < 4.78 is 4.62. The Balaban J connectivity index is 2.70. The van der Waals surface area contributed by atoms with Crippen LogP contribution in [0, 0.1) is 0 Å². The molecule has 1 heterocycles. The lowest BCUT2D eigenvalue weighted by Gasteiger charge is -2.15. The van der Waals surface area contributed by atoms with Gasteiger partial charge in [-0.2, -0.15) is 0 Å². The first kappa shape index (κ1) is 12.2. The Labute approximate surface area is 93.8 Å². The Hall–Kier alpha value is -1.91. The zero-order chi connectivity index (χ0) is 12.0. The van der Waals surface area contributed by atoms with Crippen LogP contribution in [0.15, 0.2) is 24.5 Å². The number of nitrogens with one attached hydrogen (secondary N) is 1. The maximum Gasteiger partial charge on any atom is 0.328 e. The predicted octanol–water partition coefficient (Wildman–Crippen LogP) is 0.302. The van der Waals surface area contributed by atoms with Crippen LogP contribution in [-0.4, -0.2) is 30.0 Å². The molecule has 0 spiro atoms. The number of carbonyl (C=O) groups is 2. The molecule has 0 saturated carbocycles. The molecular formula is C11H14N2O3. The molecule has 5 heteroatoms. The molecule has 1 aromatic heterocycles. The summed E-state index contributed by atoms with van der Waals surface area (Å²) in [6.07, 6.45) is 3.67. The number of carbonyl (C=O) groups excluding carboxylic acids is 2. The van der Waals surface area contributed by atoms with Crippen molar-refractivity contribution in [1.29, 1.82) is 0 Å².